The van der Waals surface area contributed by atoms with E-state index in [1.807, 2.05) is 0 Å². The minimum absolute atomic E-state index is 0.906. The molecule has 0 amide bonds. The first-order chi connectivity index (χ1) is 6.41. The Morgan fingerprint density at radius 2 is 0.846 bits per heavy atom. The maximum absolute atomic E-state index is 4.10. The second kappa shape index (κ2) is 12.6. The molecule has 13 heavy (non-hydrogen) atoms. The molecule has 0 radical (unpaired) electrons. The van der Waals surface area contributed by atoms with Crippen molar-refractivity contribution in [3.05, 3.63) is 0 Å². The molecule has 0 aromatic rings. The summed E-state index contributed by atoms with van der Waals surface area (Å²) in [5.41, 5.74) is 0. The highest BCUT2D eigenvalue weighted by Gasteiger charge is 1.87. The van der Waals surface area contributed by atoms with Gasteiger partial charge in [-0.2, -0.15) is 25.3 Å². The van der Waals surface area contributed by atoms with Crippen LogP contribution in [0.4, 0.5) is 0 Å². The first-order valence-electron chi connectivity index (χ1n) is 4.75. The Balaban J connectivity index is 2.76. The van der Waals surface area contributed by atoms with Crippen molar-refractivity contribution in [2.75, 3.05) is 50.8 Å². The van der Waals surface area contributed by atoms with E-state index >= 15 is 0 Å². The Hall–Kier alpha value is 0.580. The SMILES string of the molecule is SCCNCCNCCNCCS. The van der Waals surface area contributed by atoms with Crippen molar-refractivity contribution < 1.29 is 0 Å². The van der Waals surface area contributed by atoms with Gasteiger partial charge in [-0.3, -0.25) is 0 Å². The number of nitrogens with one attached hydrogen (secondary N) is 3. The van der Waals surface area contributed by atoms with E-state index in [0.29, 0.717) is 0 Å². The quantitative estimate of drug-likeness (QED) is 0.259. The van der Waals surface area contributed by atoms with Crippen LogP contribution in [-0.4, -0.2) is 50.8 Å². The van der Waals surface area contributed by atoms with Gasteiger partial charge in [0.1, 0.15) is 0 Å². The van der Waals surface area contributed by atoms with Gasteiger partial charge in [0.2, 0.25) is 0 Å². The second-order valence-electron chi connectivity index (χ2n) is 2.70. The Morgan fingerprint density at radius 3 is 1.15 bits per heavy atom. The third-order valence-electron chi connectivity index (χ3n) is 1.53. The largest absolute Gasteiger partial charge is 0.315 e. The van der Waals surface area contributed by atoms with Gasteiger partial charge < -0.3 is 16.0 Å². The Bertz CT molecular complexity index is 83.5. The van der Waals surface area contributed by atoms with Crippen LogP contribution in [0, 0.1) is 0 Å². The molecule has 0 aliphatic heterocycles. The molecule has 80 valence electrons. The number of hydrogen-bond donors (Lipinski definition) is 5. The van der Waals surface area contributed by atoms with E-state index in [1.54, 1.807) is 0 Å². The Labute approximate surface area is 92.3 Å². The lowest BCUT2D eigenvalue weighted by molar-refractivity contribution is 0.598. The minimum atomic E-state index is 0.906. The van der Waals surface area contributed by atoms with Crippen LogP contribution in [0.25, 0.3) is 0 Å². The van der Waals surface area contributed by atoms with E-state index in [9.17, 15) is 0 Å². The smallest absolute Gasteiger partial charge is 0.00772 e. The van der Waals surface area contributed by atoms with E-state index in [0.717, 1.165) is 50.8 Å². The third-order valence-corrected chi connectivity index (χ3v) is 1.98. The fourth-order valence-electron chi connectivity index (χ4n) is 0.887. The molecule has 0 bridgehead atoms. The summed E-state index contributed by atoms with van der Waals surface area (Å²) >= 11 is 8.20. The predicted molar refractivity (Wildman–Crippen MR) is 66.3 cm³/mol. The molecule has 0 saturated carbocycles. The van der Waals surface area contributed by atoms with Crippen LogP contribution >= 0.6 is 25.3 Å². The van der Waals surface area contributed by atoms with Crippen LogP contribution in [0.3, 0.4) is 0 Å². The van der Waals surface area contributed by atoms with Crippen molar-refractivity contribution in [3.63, 3.8) is 0 Å². The molecular weight excluding hydrogens is 202 g/mol. The van der Waals surface area contributed by atoms with Gasteiger partial charge in [-0.1, -0.05) is 0 Å². The van der Waals surface area contributed by atoms with E-state index in [2.05, 4.69) is 41.2 Å². The van der Waals surface area contributed by atoms with Crippen molar-refractivity contribution in [2.24, 2.45) is 0 Å². The average Bonchev–Trinajstić information content (AvgIpc) is 2.16. The zero-order chi connectivity index (χ0) is 9.78. The summed E-state index contributed by atoms with van der Waals surface area (Å²) in [4.78, 5) is 0. The van der Waals surface area contributed by atoms with Crippen LogP contribution in [0.5, 0.6) is 0 Å². The summed E-state index contributed by atoms with van der Waals surface area (Å²) in [7, 11) is 0. The molecule has 3 nitrogen and oxygen atoms in total. The first-order valence-corrected chi connectivity index (χ1v) is 6.02. The third kappa shape index (κ3) is 12.6. The topological polar surface area (TPSA) is 36.1 Å². The van der Waals surface area contributed by atoms with Gasteiger partial charge in [-0.05, 0) is 0 Å². The van der Waals surface area contributed by atoms with Crippen LogP contribution in [0.15, 0.2) is 0 Å². The molecule has 0 rings (SSSR count). The lowest BCUT2D eigenvalue weighted by Gasteiger charge is -2.06. The molecule has 0 atom stereocenters. The summed E-state index contributed by atoms with van der Waals surface area (Å²) in [5.74, 6) is 1.81. The van der Waals surface area contributed by atoms with Crippen molar-refractivity contribution in [3.8, 4) is 0 Å². The number of thiol groups is 2. The van der Waals surface area contributed by atoms with Crippen molar-refractivity contribution >= 4 is 25.3 Å². The molecule has 5 heteroatoms. The molecule has 0 fully saturated rings. The summed E-state index contributed by atoms with van der Waals surface area (Å²) in [6, 6.07) is 0. The molecule has 0 spiro atoms. The highest BCUT2D eigenvalue weighted by Crippen LogP contribution is 1.68. The minimum Gasteiger partial charge on any atom is -0.315 e. The Morgan fingerprint density at radius 1 is 0.538 bits per heavy atom. The first kappa shape index (κ1) is 13.6. The summed E-state index contributed by atoms with van der Waals surface area (Å²) in [5, 5.41) is 9.86. The van der Waals surface area contributed by atoms with Gasteiger partial charge in [0.15, 0.2) is 0 Å². The van der Waals surface area contributed by atoms with Gasteiger partial charge >= 0.3 is 0 Å². The van der Waals surface area contributed by atoms with Crippen LogP contribution < -0.4 is 16.0 Å². The molecule has 0 unspecified atom stereocenters. The number of rotatable bonds is 10. The molecule has 0 aromatic heterocycles. The van der Waals surface area contributed by atoms with Crippen LogP contribution in [-0.2, 0) is 0 Å². The van der Waals surface area contributed by atoms with Gasteiger partial charge in [-0.25, -0.2) is 0 Å². The maximum atomic E-state index is 4.10. The molecule has 0 heterocycles. The van der Waals surface area contributed by atoms with Crippen LogP contribution in [0.1, 0.15) is 0 Å². The summed E-state index contributed by atoms with van der Waals surface area (Å²) in [6.07, 6.45) is 0. The molecule has 3 N–H and O–H groups in total. The van der Waals surface area contributed by atoms with E-state index in [4.69, 9.17) is 0 Å². The zero-order valence-corrected chi connectivity index (χ0v) is 9.84. The van der Waals surface area contributed by atoms with Crippen molar-refractivity contribution in [1.29, 1.82) is 0 Å². The molecular formula is C8H21N3S2. The zero-order valence-electron chi connectivity index (χ0n) is 8.05. The molecule has 0 aromatic carbocycles. The second-order valence-corrected chi connectivity index (χ2v) is 3.59. The molecule has 0 saturated heterocycles. The van der Waals surface area contributed by atoms with Gasteiger partial charge in [0, 0.05) is 50.8 Å². The van der Waals surface area contributed by atoms with Crippen LogP contribution in [0.2, 0.25) is 0 Å². The molecule has 0 aliphatic rings. The van der Waals surface area contributed by atoms with Gasteiger partial charge in [0.25, 0.3) is 0 Å². The summed E-state index contributed by atoms with van der Waals surface area (Å²) in [6.45, 7) is 6.07. The van der Waals surface area contributed by atoms with Crippen molar-refractivity contribution in [2.45, 2.75) is 0 Å². The van der Waals surface area contributed by atoms with E-state index in [1.165, 1.54) is 0 Å². The highest BCUT2D eigenvalue weighted by molar-refractivity contribution is 7.80. The maximum Gasteiger partial charge on any atom is 0.00772 e. The van der Waals surface area contributed by atoms with Gasteiger partial charge in [-0.15, -0.1) is 0 Å². The fraction of sp³-hybridized carbons (Fsp3) is 1.00. The predicted octanol–water partition coefficient (Wildman–Crippen LogP) is -0.385. The average molecular weight is 223 g/mol. The lowest BCUT2D eigenvalue weighted by atomic mass is 10.5. The lowest BCUT2D eigenvalue weighted by Crippen LogP contribution is -2.33. The normalized spacial score (nSPS) is 10.6. The Kier molecular flexibility index (Phi) is 13.1. The van der Waals surface area contributed by atoms with Crippen molar-refractivity contribution in [1.82, 2.24) is 16.0 Å². The number of hydrogen-bond acceptors (Lipinski definition) is 5. The molecule has 0 aliphatic carbocycles. The van der Waals surface area contributed by atoms with E-state index < -0.39 is 0 Å². The van der Waals surface area contributed by atoms with E-state index in [-0.39, 0.29) is 0 Å². The summed E-state index contributed by atoms with van der Waals surface area (Å²) < 4.78 is 0. The monoisotopic (exact) mass is 223 g/mol. The van der Waals surface area contributed by atoms with Gasteiger partial charge in [0.05, 0.1) is 0 Å². The standard InChI is InChI=1S/C8H21N3S2/c12-7-5-10-3-1-9-2-4-11-6-8-13/h9-13H,1-8H2. The fourth-order valence-corrected chi connectivity index (χ4v) is 1.20. The highest BCUT2D eigenvalue weighted by atomic mass is 32.1.